The molecule has 0 aromatic heterocycles. The molecule has 2 aliphatic heterocycles. The van der Waals surface area contributed by atoms with Crippen molar-refractivity contribution in [3.05, 3.63) is 64.5 Å². The number of likely N-dealkylation sites (tertiary alicyclic amines) is 1. The number of anilines is 1. The lowest BCUT2D eigenvalue weighted by molar-refractivity contribution is 0.0495. The molecule has 11 heteroatoms. The Morgan fingerprint density at radius 3 is 2.18 bits per heavy atom. The second-order valence-electron chi connectivity index (χ2n) is 7.71. The number of halogens is 5. The van der Waals surface area contributed by atoms with E-state index in [2.05, 4.69) is 5.32 Å². The highest BCUT2D eigenvalue weighted by atomic mass is 19.2. The van der Waals surface area contributed by atoms with Crippen LogP contribution in [0.25, 0.3) is 0 Å². The van der Waals surface area contributed by atoms with E-state index in [9.17, 15) is 31.5 Å². The van der Waals surface area contributed by atoms with Gasteiger partial charge >= 0.3 is 6.09 Å². The molecule has 0 unspecified atom stereocenters. The molecule has 0 bridgehead atoms. The molecule has 33 heavy (non-hydrogen) atoms. The Kier molecular flexibility index (Phi) is 6.13. The standard InChI is InChI=1S/C22H20F5N3O3/c1-2-33-22(32)29-9-7-11(8-10-29)30-20(12-5-3-4-6-13(12)21(30)31)28-19-17(26)15(24)14(23)16(25)18(19)27/h3-6,11,20,28H,2,7-10H2,1H3/t20-/m1/s1. The van der Waals surface area contributed by atoms with Crippen LogP contribution in [0.15, 0.2) is 24.3 Å². The number of nitrogens with zero attached hydrogens (tertiary/aromatic N) is 2. The highest BCUT2D eigenvalue weighted by Gasteiger charge is 2.43. The number of carbonyl (C=O) groups is 2. The first-order chi connectivity index (χ1) is 15.8. The molecule has 2 aromatic rings. The smallest absolute Gasteiger partial charge is 0.409 e. The van der Waals surface area contributed by atoms with Gasteiger partial charge in [0.2, 0.25) is 5.82 Å². The fourth-order valence-corrected chi connectivity index (χ4v) is 4.27. The lowest BCUT2D eigenvalue weighted by Gasteiger charge is -2.39. The first-order valence-corrected chi connectivity index (χ1v) is 10.4. The normalized spacial score (nSPS) is 18.5. The van der Waals surface area contributed by atoms with Crippen molar-refractivity contribution in [3.8, 4) is 0 Å². The Morgan fingerprint density at radius 1 is 1.00 bits per heavy atom. The molecule has 0 radical (unpaired) electrons. The average molecular weight is 469 g/mol. The predicted octanol–water partition coefficient (Wildman–Crippen LogP) is 4.57. The Hall–Kier alpha value is -3.37. The number of fused-ring (bicyclic) bond motifs is 1. The molecule has 0 aliphatic carbocycles. The highest BCUT2D eigenvalue weighted by molar-refractivity contribution is 5.99. The Morgan fingerprint density at radius 2 is 1.58 bits per heavy atom. The minimum absolute atomic E-state index is 0.215. The molecule has 0 spiro atoms. The molecule has 2 aromatic carbocycles. The first kappa shape index (κ1) is 22.8. The van der Waals surface area contributed by atoms with E-state index in [1.54, 1.807) is 25.1 Å². The SMILES string of the molecule is CCOC(=O)N1CCC(N2C(=O)c3ccccc3[C@@H]2Nc2c(F)c(F)c(F)c(F)c2F)CC1. The van der Waals surface area contributed by atoms with Crippen molar-refractivity contribution in [1.29, 1.82) is 0 Å². The third-order valence-electron chi connectivity index (χ3n) is 5.87. The molecule has 2 amide bonds. The molecule has 6 nitrogen and oxygen atoms in total. The maximum Gasteiger partial charge on any atom is 0.409 e. The highest BCUT2D eigenvalue weighted by Crippen LogP contribution is 2.40. The summed E-state index contributed by atoms with van der Waals surface area (Å²) in [7, 11) is 0. The van der Waals surface area contributed by atoms with Crippen LogP contribution < -0.4 is 5.32 Å². The van der Waals surface area contributed by atoms with Crippen molar-refractivity contribution >= 4 is 17.7 Å². The number of hydrogen-bond acceptors (Lipinski definition) is 4. The van der Waals surface area contributed by atoms with Crippen LogP contribution in [0.3, 0.4) is 0 Å². The Bertz CT molecular complexity index is 1080. The van der Waals surface area contributed by atoms with Crippen LogP contribution in [-0.4, -0.2) is 47.5 Å². The number of carbonyl (C=O) groups excluding carboxylic acids is 2. The van der Waals surface area contributed by atoms with Crippen LogP contribution in [0.1, 0.15) is 41.9 Å². The van der Waals surface area contributed by atoms with Gasteiger partial charge < -0.3 is 19.9 Å². The first-order valence-electron chi connectivity index (χ1n) is 10.4. The van der Waals surface area contributed by atoms with E-state index >= 15 is 0 Å². The summed E-state index contributed by atoms with van der Waals surface area (Å²) in [5.74, 6) is -10.9. The molecular weight excluding hydrogens is 449 g/mol. The summed E-state index contributed by atoms with van der Waals surface area (Å²) in [5.41, 5.74) is -0.610. The van der Waals surface area contributed by atoms with Gasteiger partial charge in [-0.05, 0) is 25.8 Å². The Balaban J connectivity index is 1.66. The molecule has 1 saturated heterocycles. The molecule has 1 atom stereocenters. The minimum Gasteiger partial charge on any atom is -0.450 e. The molecule has 1 fully saturated rings. The molecule has 2 aliphatic rings. The van der Waals surface area contributed by atoms with E-state index in [4.69, 9.17) is 4.74 Å². The number of rotatable bonds is 4. The van der Waals surface area contributed by atoms with E-state index < -0.39 is 59.0 Å². The zero-order chi connectivity index (χ0) is 23.9. The monoisotopic (exact) mass is 469 g/mol. The number of piperidine rings is 1. The average Bonchev–Trinajstić information content (AvgIpc) is 3.11. The van der Waals surface area contributed by atoms with Gasteiger partial charge in [-0.2, -0.15) is 0 Å². The quantitative estimate of drug-likeness (QED) is 0.405. The zero-order valence-electron chi connectivity index (χ0n) is 17.5. The summed E-state index contributed by atoms with van der Waals surface area (Å²) >= 11 is 0. The second kappa shape index (κ2) is 8.87. The van der Waals surface area contributed by atoms with Gasteiger partial charge in [-0.3, -0.25) is 4.79 Å². The van der Waals surface area contributed by atoms with Gasteiger partial charge in [0, 0.05) is 30.3 Å². The van der Waals surface area contributed by atoms with Crippen LogP contribution in [0.4, 0.5) is 32.4 Å². The lowest BCUT2D eigenvalue weighted by atomic mass is 10.0. The van der Waals surface area contributed by atoms with Crippen molar-refractivity contribution in [2.45, 2.75) is 32.0 Å². The van der Waals surface area contributed by atoms with Gasteiger partial charge in [0.05, 0.1) is 6.61 Å². The molecule has 4 rings (SSSR count). The van der Waals surface area contributed by atoms with E-state index in [1.165, 1.54) is 15.9 Å². The van der Waals surface area contributed by atoms with E-state index in [0.29, 0.717) is 18.4 Å². The van der Waals surface area contributed by atoms with Crippen LogP contribution in [-0.2, 0) is 4.74 Å². The van der Waals surface area contributed by atoms with E-state index in [1.807, 2.05) is 0 Å². The van der Waals surface area contributed by atoms with E-state index in [-0.39, 0.29) is 25.3 Å². The van der Waals surface area contributed by atoms with Gasteiger partial charge in [0.25, 0.3) is 5.91 Å². The molecule has 0 saturated carbocycles. The van der Waals surface area contributed by atoms with Crippen molar-refractivity contribution in [1.82, 2.24) is 9.80 Å². The van der Waals surface area contributed by atoms with Crippen LogP contribution in [0.5, 0.6) is 0 Å². The summed E-state index contributed by atoms with van der Waals surface area (Å²) in [5, 5.41) is 2.38. The number of amides is 2. The van der Waals surface area contributed by atoms with Crippen LogP contribution in [0, 0.1) is 29.1 Å². The number of ether oxygens (including phenoxy) is 1. The number of benzene rings is 2. The van der Waals surface area contributed by atoms with Crippen molar-refractivity contribution < 1.29 is 36.3 Å². The lowest BCUT2D eigenvalue weighted by Crippen LogP contribution is -2.49. The van der Waals surface area contributed by atoms with Gasteiger partial charge in [0.15, 0.2) is 23.3 Å². The fraction of sp³-hybridized carbons (Fsp3) is 0.364. The van der Waals surface area contributed by atoms with Gasteiger partial charge in [-0.25, -0.2) is 26.7 Å². The predicted molar refractivity (Wildman–Crippen MR) is 107 cm³/mol. The van der Waals surface area contributed by atoms with Crippen molar-refractivity contribution in [2.75, 3.05) is 25.0 Å². The van der Waals surface area contributed by atoms with Crippen molar-refractivity contribution in [3.63, 3.8) is 0 Å². The molecule has 176 valence electrons. The molecule has 1 N–H and O–H groups in total. The van der Waals surface area contributed by atoms with Crippen LogP contribution >= 0.6 is 0 Å². The second-order valence-corrected chi connectivity index (χ2v) is 7.71. The summed E-state index contributed by atoms with van der Waals surface area (Å²) in [4.78, 5) is 27.9. The topological polar surface area (TPSA) is 61.9 Å². The minimum atomic E-state index is -2.26. The maximum atomic E-state index is 14.4. The maximum absolute atomic E-state index is 14.4. The number of nitrogens with one attached hydrogen (secondary N) is 1. The molecular formula is C22H20F5N3O3. The van der Waals surface area contributed by atoms with Gasteiger partial charge in [-0.15, -0.1) is 0 Å². The summed E-state index contributed by atoms with van der Waals surface area (Å²) in [6.07, 6.45) is -0.967. The summed E-state index contributed by atoms with van der Waals surface area (Å²) in [6, 6.07) is 5.84. The fourth-order valence-electron chi connectivity index (χ4n) is 4.27. The van der Waals surface area contributed by atoms with Gasteiger partial charge in [-0.1, -0.05) is 18.2 Å². The number of hydrogen-bond donors (Lipinski definition) is 1. The zero-order valence-corrected chi connectivity index (χ0v) is 17.5. The van der Waals surface area contributed by atoms with Crippen LogP contribution in [0.2, 0.25) is 0 Å². The van der Waals surface area contributed by atoms with Gasteiger partial charge in [0.1, 0.15) is 11.9 Å². The molecule has 2 heterocycles. The Labute approximate surface area is 185 Å². The summed E-state index contributed by atoms with van der Waals surface area (Å²) < 4.78 is 74.7. The largest absolute Gasteiger partial charge is 0.450 e. The van der Waals surface area contributed by atoms with E-state index in [0.717, 1.165) is 0 Å². The van der Waals surface area contributed by atoms with Crippen molar-refractivity contribution in [2.24, 2.45) is 0 Å². The summed E-state index contributed by atoms with van der Waals surface area (Å²) in [6.45, 7) is 2.45. The third kappa shape index (κ3) is 3.85. The third-order valence-corrected chi connectivity index (χ3v) is 5.87.